The summed E-state index contributed by atoms with van der Waals surface area (Å²) in [4.78, 5) is 12.1. The number of amides is 1. The smallest absolute Gasteiger partial charge is 0.248 e. The Labute approximate surface area is 139 Å². The Kier molecular flexibility index (Phi) is 4.20. The minimum absolute atomic E-state index is 0.0279. The Bertz CT molecular complexity index is 928. The van der Waals surface area contributed by atoms with Crippen LogP contribution in [0.5, 0.6) is 11.5 Å². The number of fused-ring (bicyclic) bond motifs is 1. The summed E-state index contributed by atoms with van der Waals surface area (Å²) in [6.45, 7) is 0. The molecule has 0 saturated carbocycles. The second-order valence-corrected chi connectivity index (χ2v) is 5.26. The van der Waals surface area contributed by atoms with E-state index in [-0.39, 0.29) is 11.7 Å². The lowest BCUT2D eigenvalue weighted by atomic mass is 10.2. The van der Waals surface area contributed by atoms with E-state index in [2.05, 4.69) is 10.4 Å². The van der Waals surface area contributed by atoms with E-state index in [1.807, 2.05) is 25.2 Å². The summed E-state index contributed by atoms with van der Waals surface area (Å²) in [7, 11) is 3.33. The lowest BCUT2D eigenvalue weighted by Crippen LogP contribution is -2.07. The van der Waals surface area contributed by atoms with E-state index in [0.29, 0.717) is 17.0 Å². The first-order chi connectivity index (χ1) is 11.6. The molecule has 0 aliphatic carbocycles. The van der Waals surface area contributed by atoms with Crippen molar-refractivity contribution in [3.05, 3.63) is 54.2 Å². The van der Waals surface area contributed by atoms with Gasteiger partial charge in [0.25, 0.3) is 0 Å². The second kappa shape index (κ2) is 6.45. The number of nitrogens with one attached hydrogen (secondary N) is 1. The zero-order chi connectivity index (χ0) is 17.1. The maximum atomic E-state index is 12.1. The minimum atomic E-state index is -0.262. The molecule has 122 valence electrons. The Morgan fingerprint density at radius 1 is 1.33 bits per heavy atom. The molecule has 0 atom stereocenters. The van der Waals surface area contributed by atoms with Crippen molar-refractivity contribution >= 4 is 28.6 Å². The molecule has 0 saturated heterocycles. The third-order valence-corrected chi connectivity index (χ3v) is 3.68. The zero-order valence-electron chi connectivity index (χ0n) is 13.4. The predicted octanol–water partition coefficient (Wildman–Crippen LogP) is 2.94. The Hall–Kier alpha value is -3.28. The first-order valence-electron chi connectivity index (χ1n) is 7.35. The third-order valence-electron chi connectivity index (χ3n) is 3.68. The van der Waals surface area contributed by atoms with Gasteiger partial charge in [0.05, 0.1) is 24.5 Å². The van der Waals surface area contributed by atoms with E-state index in [9.17, 15) is 9.90 Å². The van der Waals surface area contributed by atoms with Gasteiger partial charge in [-0.3, -0.25) is 9.48 Å². The highest BCUT2D eigenvalue weighted by atomic mass is 16.5. The third kappa shape index (κ3) is 3.08. The van der Waals surface area contributed by atoms with Gasteiger partial charge in [-0.15, -0.1) is 0 Å². The van der Waals surface area contributed by atoms with Gasteiger partial charge in [-0.1, -0.05) is 12.1 Å². The molecule has 0 unspecified atom stereocenters. The van der Waals surface area contributed by atoms with Gasteiger partial charge < -0.3 is 15.2 Å². The highest BCUT2D eigenvalue weighted by Crippen LogP contribution is 2.27. The standard InChI is InChI=1S/C18H17N3O3/c1-21-15-5-3-4-14(13(15)11-19-21)20-18(23)9-7-12-6-8-17(24-2)16(22)10-12/h3-11,22H,1-2H3,(H,20,23)/b9-7+. The Morgan fingerprint density at radius 2 is 2.17 bits per heavy atom. The van der Waals surface area contributed by atoms with Crippen LogP contribution in [0.3, 0.4) is 0 Å². The number of hydrogen-bond donors (Lipinski definition) is 2. The van der Waals surface area contributed by atoms with Crippen molar-refractivity contribution < 1.29 is 14.6 Å². The Morgan fingerprint density at radius 3 is 2.92 bits per heavy atom. The van der Waals surface area contributed by atoms with Crippen LogP contribution in [0.25, 0.3) is 17.0 Å². The lowest BCUT2D eigenvalue weighted by molar-refractivity contribution is -0.111. The molecule has 3 aromatic rings. The topological polar surface area (TPSA) is 76.4 Å². The summed E-state index contributed by atoms with van der Waals surface area (Å²) in [5, 5.41) is 17.7. The van der Waals surface area contributed by atoms with Gasteiger partial charge in [0.1, 0.15) is 0 Å². The molecule has 0 aliphatic rings. The molecule has 1 heterocycles. The number of aromatic hydroxyl groups is 1. The fraction of sp³-hybridized carbons (Fsp3) is 0.111. The highest BCUT2D eigenvalue weighted by molar-refractivity contribution is 6.07. The summed E-state index contributed by atoms with van der Waals surface area (Å²) < 4.78 is 6.74. The van der Waals surface area contributed by atoms with Gasteiger partial charge in [0.2, 0.25) is 5.91 Å². The fourth-order valence-corrected chi connectivity index (χ4v) is 2.44. The van der Waals surface area contributed by atoms with Crippen molar-refractivity contribution in [3.63, 3.8) is 0 Å². The minimum Gasteiger partial charge on any atom is -0.504 e. The van der Waals surface area contributed by atoms with Crippen LogP contribution in [0.2, 0.25) is 0 Å². The number of aromatic nitrogens is 2. The quantitative estimate of drug-likeness (QED) is 0.724. The van der Waals surface area contributed by atoms with Gasteiger partial charge in [-0.25, -0.2) is 0 Å². The highest BCUT2D eigenvalue weighted by Gasteiger charge is 2.07. The van der Waals surface area contributed by atoms with E-state index in [1.54, 1.807) is 29.1 Å². The molecule has 0 bridgehead atoms. The van der Waals surface area contributed by atoms with Crippen LogP contribution >= 0.6 is 0 Å². The van der Waals surface area contributed by atoms with E-state index >= 15 is 0 Å². The zero-order valence-corrected chi connectivity index (χ0v) is 13.4. The number of methoxy groups -OCH3 is 1. The molecule has 2 aromatic carbocycles. The van der Waals surface area contributed by atoms with Crippen molar-refractivity contribution in [2.24, 2.45) is 7.05 Å². The van der Waals surface area contributed by atoms with E-state index < -0.39 is 0 Å². The van der Waals surface area contributed by atoms with Crippen molar-refractivity contribution in [2.45, 2.75) is 0 Å². The van der Waals surface area contributed by atoms with Crippen LogP contribution in [0.4, 0.5) is 5.69 Å². The number of carbonyl (C=O) groups is 1. The molecule has 6 nitrogen and oxygen atoms in total. The van der Waals surface area contributed by atoms with Gasteiger partial charge in [0, 0.05) is 18.5 Å². The molecule has 6 heteroatoms. The SMILES string of the molecule is COc1ccc(/C=C/C(=O)Nc2cccc3c2cnn3C)cc1O. The number of rotatable bonds is 4. The monoisotopic (exact) mass is 323 g/mol. The summed E-state index contributed by atoms with van der Waals surface area (Å²) in [6.07, 6.45) is 4.75. The first-order valence-corrected chi connectivity index (χ1v) is 7.35. The van der Waals surface area contributed by atoms with Crippen molar-refractivity contribution in [2.75, 3.05) is 12.4 Å². The average Bonchev–Trinajstić information content (AvgIpc) is 2.96. The number of benzene rings is 2. The lowest BCUT2D eigenvalue weighted by Gasteiger charge is -2.05. The van der Waals surface area contributed by atoms with Gasteiger partial charge in [-0.05, 0) is 35.9 Å². The van der Waals surface area contributed by atoms with Gasteiger partial charge in [-0.2, -0.15) is 5.10 Å². The van der Waals surface area contributed by atoms with Crippen molar-refractivity contribution in [3.8, 4) is 11.5 Å². The second-order valence-electron chi connectivity index (χ2n) is 5.26. The maximum Gasteiger partial charge on any atom is 0.248 e. The molecule has 0 spiro atoms. The fourth-order valence-electron chi connectivity index (χ4n) is 2.44. The molecule has 3 rings (SSSR count). The van der Waals surface area contributed by atoms with Crippen LogP contribution in [-0.4, -0.2) is 27.9 Å². The number of hydrogen-bond acceptors (Lipinski definition) is 4. The molecule has 0 radical (unpaired) electrons. The molecule has 1 aromatic heterocycles. The van der Waals surface area contributed by atoms with Crippen LogP contribution in [0.1, 0.15) is 5.56 Å². The summed E-state index contributed by atoms with van der Waals surface area (Å²) in [5.41, 5.74) is 2.34. The number of ether oxygens (including phenoxy) is 1. The summed E-state index contributed by atoms with van der Waals surface area (Å²) >= 11 is 0. The number of nitrogens with zero attached hydrogens (tertiary/aromatic N) is 2. The van der Waals surface area contributed by atoms with Crippen molar-refractivity contribution in [1.29, 1.82) is 0 Å². The number of phenolic OH excluding ortho intramolecular Hbond substituents is 1. The largest absolute Gasteiger partial charge is 0.504 e. The molecule has 1 amide bonds. The van der Waals surface area contributed by atoms with E-state index in [4.69, 9.17) is 4.74 Å². The molecule has 2 N–H and O–H groups in total. The molecular formula is C18H17N3O3. The van der Waals surface area contributed by atoms with Crippen LogP contribution in [0, 0.1) is 0 Å². The molecule has 0 aliphatic heterocycles. The molecule has 24 heavy (non-hydrogen) atoms. The number of anilines is 1. The normalized spacial score (nSPS) is 11.1. The molecular weight excluding hydrogens is 306 g/mol. The van der Waals surface area contributed by atoms with Gasteiger partial charge in [0.15, 0.2) is 11.5 Å². The average molecular weight is 323 g/mol. The number of aryl methyl sites for hydroxylation is 1. The van der Waals surface area contributed by atoms with E-state index in [0.717, 1.165) is 10.9 Å². The van der Waals surface area contributed by atoms with Crippen LogP contribution in [-0.2, 0) is 11.8 Å². The number of carbonyl (C=O) groups excluding carboxylic acids is 1. The first kappa shape index (κ1) is 15.6. The number of phenols is 1. The van der Waals surface area contributed by atoms with Crippen molar-refractivity contribution in [1.82, 2.24) is 9.78 Å². The maximum absolute atomic E-state index is 12.1. The van der Waals surface area contributed by atoms with Crippen LogP contribution in [0.15, 0.2) is 48.7 Å². The van der Waals surface area contributed by atoms with E-state index in [1.165, 1.54) is 19.3 Å². The van der Waals surface area contributed by atoms with Crippen LogP contribution < -0.4 is 10.1 Å². The van der Waals surface area contributed by atoms with Gasteiger partial charge >= 0.3 is 0 Å². The summed E-state index contributed by atoms with van der Waals surface area (Å²) in [5.74, 6) is 0.154. The predicted molar refractivity (Wildman–Crippen MR) is 93.0 cm³/mol. The summed E-state index contributed by atoms with van der Waals surface area (Å²) in [6, 6.07) is 10.6. The Balaban J connectivity index is 1.76. The molecule has 0 fully saturated rings.